The van der Waals surface area contributed by atoms with E-state index in [1.165, 1.54) is 0 Å². The second-order valence-corrected chi connectivity index (χ2v) is 5.15. The second kappa shape index (κ2) is 6.47. The zero-order valence-electron chi connectivity index (χ0n) is 12.4. The number of rotatable bonds is 4. The first kappa shape index (κ1) is 14.4. The largest absolute Gasteiger partial charge is 0.486 e. The van der Waals surface area contributed by atoms with E-state index in [2.05, 4.69) is 10.3 Å². The van der Waals surface area contributed by atoms with Crippen LogP contribution >= 0.6 is 0 Å². The molecule has 0 saturated carbocycles. The molecule has 0 aliphatic carbocycles. The van der Waals surface area contributed by atoms with Crippen LogP contribution in [0.25, 0.3) is 0 Å². The fraction of sp³-hybridized carbons (Fsp3) is 0.294. The van der Waals surface area contributed by atoms with Crippen LogP contribution in [0, 0.1) is 0 Å². The van der Waals surface area contributed by atoms with E-state index < -0.39 is 0 Å². The molecule has 2 heterocycles. The molecule has 0 bridgehead atoms. The third-order valence-electron chi connectivity index (χ3n) is 3.60. The first-order valence-corrected chi connectivity index (χ1v) is 7.32. The van der Waals surface area contributed by atoms with Crippen LogP contribution in [-0.2, 0) is 6.42 Å². The molecule has 0 radical (unpaired) electrons. The average Bonchev–Trinajstić information content (AvgIpc) is 2.59. The molecule has 114 valence electrons. The van der Waals surface area contributed by atoms with Gasteiger partial charge in [-0.05, 0) is 37.1 Å². The van der Waals surface area contributed by atoms with Crippen LogP contribution in [0.2, 0.25) is 0 Å². The lowest BCUT2D eigenvalue weighted by Gasteiger charge is -2.26. The second-order valence-electron chi connectivity index (χ2n) is 5.15. The molecule has 1 aromatic carbocycles. The number of aromatic nitrogens is 1. The summed E-state index contributed by atoms with van der Waals surface area (Å²) in [6, 6.07) is 11.2. The molecule has 1 atom stereocenters. The minimum atomic E-state index is -0.102. The van der Waals surface area contributed by atoms with Gasteiger partial charge in [0.2, 0.25) is 0 Å². The SMILES string of the molecule is CNC(=O)c1ccnc(CCC2COc3ccccc3O2)c1. The predicted octanol–water partition coefficient (Wildman–Crippen LogP) is 2.21. The number of aryl methyl sites for hydroxylation is 1. The summed E-state index contributed by atoms with van der Waals surface area (Å²) in [5.74, 6) is 1.47. The molecule has 2 aromatic rings. The molecular weight excluding hydrogens is 280 g/mol. The Morgan fingerprint density at radius 3 is 2.95 bits per heavy atom. The lowest BCUT2D eigenvalue weighted by atomic mass is 10.1. The molecule has 1 aliphatic rings. The zero-order chi connectivity index (χ0) is 15.4. The lowest BCUT2D eigenvalue weighted by molar-refractivity contribution is 0.0849. The van der Waals surface area contributed by atoms with Crippen LogP contribution in [0.1, 0.15) is 22.5 Å². The number of nitrogens with one attached hydrogen (secondary N) is 1. The molecule has 1 unspecified atom stereocenters. The van der Waals surface area contributed by atoms with Gasteiger partial charge in [0, 0.05) is 24.5 Å². The van der Waals surface area contributed by atoms with Crippen molar-refractivity contribution in [3.8, 4) is 11.5 Å². The van der Waals surface area contributed by atoms with E-state index >= 15 is 0 Å². The summed E-state index contributed by atoms with van der Waals surface area (Å²) < 4.78 is 11.6. The fourth-order valence-electron chi connectivity index (χ4n) is 2.41. The number of carbonyl (C=O) groups is 1. The number of fused-ring (bicyclic) bond motifs is 1. The van der Waals surface area contributed by atoms with Gasteiger partial charge >= 0.3 is 0 Å². The molecule has 5 nitrogen and oxygen atoms in total. The lowest BCUT2D eigenvalue weighted by Crippen LogP contribution is -2.29. The van der Waals surface area contributed by atoms with Gasteiger partial charge in [0.05, 0.1) is 0 Å². The molecule has 1 aliphatic heterocycles. The molecule has 0 spiro atoms. The Bertz CT molecular complexity index is 672. The Hall–Kier alpha value is -2.56. The van der Waals surface area contributed by atoms with Crippen molar-refractivity contribution in [3.05, 3.63) is 53.9 Å². The van der Waals surface area contributed by atoms with E-state index in [0.717, 1.165) is 30.0 Å². The number of hydrogen-bond donors (Lipinski definition) is 1. The standard InChI is InChI=1S/C17H18N2O3/c1-18-17(20)12-8-9-19-13(10-12)6-7-14-11-21-15-4-2-3-5-16(15)22-14/h2-5,8-10,14H,6-7,11H2,1H3,(H,18,20). The number of hydrogen-bond acceptors (Lipinski definition) is 4. The first-order chi connectivity index (χ1) is 10.8. The highest BCUT2D eigenvalue weighted by atomic mass is 16.6. The van der Waals surface area contributed by atoms with Crippen molar-refractivity contribution >= 4 is 5.91 Å². The van der Waals surface area contributed by atoms with Crippen molar-refractivity contribution in [2.24, 2.45) is 0 Å². The van der Waals surface area contributed by atoms with Gasteiger partial charge in [-0.2, -0.15) is 0 Å². The summed E-state index contributed by atoms with van der Waals surface area (Å²) in [7, 11) is 1.62. The number of para-hydroxylation sites is 2. The average molecular weight is 298 g/mol. The van der Waals surface area contributed by atoms with Gasteiger partial charge in [0.15, 0.2) is 11.5 Å². The zero-order valence-corrected chi connectivity index (χ0v) is 12.4. The molecule has 0 fully saturated rings. The normalized spacial score (nSPS) is 16.1. The summed E-state index contributed by atoms with van der Waals surface area (Å²) >= 11 is 0. The van der Waals surface area contributed by atoms with Crippen molar-refractivity contribution in [3.63, 3.8) is 0 Å². The maximum absolute atomic E-state index is 11.6. The van der Waals surface area contributed by atoms with Gasteiger partial charge in [-0.25, -0.2) is 0 Å². The summed E-state index contributed by atoms with van der Waals surface area (Å²) in [4.78, 5) is 15.9. The van der Waals surface area contributed by atoms with Gasteiger partial charge in [0.1, 0.15) is 12.7 Å². The van der Waals surface area contributed by atoms with Crippen molar-refractivity contribution < 1.29 is 14.3 Å². The molecule has 1 aromatic heterocycles. The van der Waals surface area contributed by atoms with Crippen LogP contribution < -0.4 is 14.8 Å². The van der Waals surface area contributed by atoms with Gasteiger partial charge < -0.3 is 14.8 Å². The Kier molecular flexibility index (Phi) is 4.23. The number of carbonyl (C=O) groups excluding carboxylic acids is 1. The van der Waals surface area contributed by atoms with Crippen molar-refractivity contribution in [2.75, 3.05) is 13.7 Å². The highest BCUT2D eigenvalue weighted by Crippen LogP contribution is 2.31. The van der Waals surface area contributed by atoms with Crippen LogP contribution in [0.4, 0.5) is 0 Å². The van der Waals surface area contributed by atoms with E-state index in [9.17, 15) is 4.79 Å². The van der Waals surface area contributed by atoms with E-state index in [1.54, 1.807) is 19.3 Å². The van der Waals surface area contributed by atoms with E-state index in [-0.39, 0.29) is 12.0 Å². The Labute approximate surface area is 129 Å². The maximum Gasteiger partial charge on any atom is 0.251 e. The molecule has 22 heavy (non-hydrogen) atoms. The third-order valence-corrected chi connectivity index (χ3v) is 3.60. The van der Waals surface area contributed by atoms with E-state index in [4.69, 9.17) is 9.47 Å². The van der Waals surface area contributed by atoms with Crippen LogP contribution in [0.15, 0.2) is 42.6 Å². The van der Waals surface area contributed by atoms with Gasteiger partial charge in [-0.1, -0.05) is 12.1 Å². The number of pyridine rings is 1. The van der Waals surface area contributed by atoms with Crippen molar-refractivity contribution in [1.82, 2.24) is 10.3 Å². The van der Waals surface area contributed by atoms with Gasteiger partial charge in [-0.3, -0.25) is 9.78 Å². The molecular formula is C17H18N2O3. The smallest absolute Gasteiger partial charge is 0.251 e. The summed E-state index contributed by atoms with van der Waals surface area (Å²) in [6.07, 6.45) is 3.19. The Morgan fingerprint density at radius 2 is 2.14 bits per heavy atom. The number of nitrogens with zero attached hydrogens (tertiary/aromatic N) is 1. The summed E-state index contributed by atoms with van der Waals surface area (Å²) in [6.45, 7) is 0.534. The number of amides is 1. The Balaban J connectivity index is 1.61. The van der Waals surface area contributed by atoms with E-state index in [1.807, 2.05) is 30.3 Å². The summed E-state index contributed by atoms with van der Waals surface area (Å²) in [5.41, 5.74) is 1.50. The highest BCUT2D eigenvalue weighted by molar-refractivity contribution is 5.93. The molecule has 1 amide bonds. The highest BCUT2D eigenvalue weighted by Gasteiger charge is 2.20. The molecule has 5 heteroatoms. The summed E-state index contributed by atoms with van der Waals surface area (Å²) in [5, 5.41) is 2.61. The monoisotopic (exact) mass is 298 g/mol. The van der Waals surface area contributed by atoms with Gasteiger partial charge in [-0.15, -0.1) is 0 Å². The number of ether oxygens (including phenoxy) is 2. The molecule has 3 rings (SSSR count). The van der Waals surface area contributed by atoms with Gasteiger partial charge in [0.25, 0.3) is 5.91 Å². The fourth-order valence-corrected chi connectivity index (χ4v) is 2.41. The predicted molar refractivity (Wildman–Crippen MR) is 82.3 cm³/mol. The third kappa shape index (κ3) is 3.19. The van der Waals surface area contributed by atoms with Crippen LogP contribution in [0.3, 0.4) is 0 Å². The minimum absolute atomic E-state index is 0.000331. The van der Waals surface area contributed by atoms with E-state index in [0.29, 0.717) is 12.2 Å². The minimum Gasteiger partial charge on any atom is -0.486 e. The number of benzene rings is 1. The molecule has 1 N–H and O–H groups in total. The van der Waals surface area contributed by atoms with Crippen LogP contribution in [0.5, 0.6) is 11.5 Å². The van der Waals surface area contributed by atoms with Crippen molar-refractivity contribution in [2.45, 2.75) is 18.9 Å². The Morgan fingerprint density at radius 1 is 1.32 bits per heavy atom. The quantitative estimate of drug-likeness (QED) is 0.940. The van der Waals surface area contributed by atoms with Crippen LogP contribution in [-0.4, -0.2) is 30.6 Å². The van der Waals surface area contributed by atoms with Crippen molar-refractivity contribution in [1.29, 1.82) is 0 Å². The molecule has 0 saturated heterocycles. The maximum atomic E-state index is 11.6. The first-order valence-electron chi connectivity index (χ1n) is 7.32. The topological polar surface area (TPSA) is 60.5 Å².